The summed E-state index contributed by atoms with van der Waals surface area (Å²) in [6.07, 6.45) is 8.05. The van der Waals surface area contributed by atoms with Crippen molar-refractivity contribution in [3.05, 3.63) is 59.5 Å². The van der Waals surface area contributed by atoms with Gasteiger partial charge < -0.3 is 4.90 Å². The molecule has 0 unspecified atom stereocenters. The third-order valence-electron chi connectivity index (χ3n) is 5.46. The largest absolute Gasteiger partial charge is 0.336 e. The van der Waals surface area contributed by atoms with Crippen molar-refractivity contribution < 1.29 is 4.79 Å². The highest BCUT2D eigenvalue weighted by atomic mass is 16.2. The molecule has 3 aromatic rings. The molecule has 27 heavy (non-hydrogen) atoms. The molecule has 0 spiro atoms. The Bertz CT molecular complexity index is 948. The molecule has 1 saturated heterocycles. The lowest BCUT2D eigenvalue weighted by atomic mass is 9.97. The Kier molecular flexibility index (Phi) is 4.92. The fraction of sp³-hybridized carbons (Fsp3) is 0.409. The fourth-order valence-corrected chi connectivity index (χ4v) is 4.09. The van der Waals surface area contributed by atoms with Crippen molar-refractivity contribution >= 4 is 16.8 Å². The molecule has 5 heteroatoms. The van der Waals surface area contributed by atoms with Crippen molar-refractivity contribution in [2.75, 3.05) is 6.54 Å². The first-order valence-electron chi connectivity index (χ1n) is 9.78. The number of carbonyl (C=O) groups is 1. The molecule has 0 radical (unpaired) electrons. The summed E-state index contributed by atoms with van der Waals surface area (Å²) in [6, 6.07) is 10.3. The molecule has 3 heterocycles. The third-order valence-corrected chi connectivity index (χ3v) is 5.46. The number of pyridine rings is 1. The Balaban J connectivity index is 1.63. The van der Waals surface area contributed by atoms with Gasteiger partial charge in [0.05, 0.1) is 11.1 Å². The maximum atomic E-state index is 13.5. The van der Waals surface area contributed by atoms with Gasteiger partial charge in [-0.25, -0.2) is 0 Å². The van der Waals surface area contributed by atoms with Gasteiger partial charge in [-0.05, 0) is 63.8 Å². The zero-order valence-electron chi connectivity index (χ0n) is 16.1. The van der Waals surface area contributed by atoms with Gasteiger partial charge in [-0.1, -0.05) is 11.6 Å². The Labute approximate surface area is 160 Å². The first kappa shape index (κ1) is 17.7. The van der Waals surface area contributed by atoms with Crippen LogP contribution in [0.5, 0.6) is 0 Å². The van der Waals surface area contributed by atoms with E-state index in [9.17, 15) is 4.79 Å². The number of piperidine rings is 1. The Hall–Kier alpha value is -2.69. The van der Waals surface area contributed by atoms with Crippen molar-refractivity contribution in [3.63, 3.8) is 0 Å². The zero-order chi connectivity index (χ0) is 18.8. The summed E-state index contributed by atoms with van der Waals surface area (Å²) < 4.78 is 1.95. The van der Waals surface area contributed by atoms with Gasteiger partial charge >= 0.3 is 0 Å². The smallest absolute Gasteiger partial charge is 0.254 e. The molecule has 2 aromatic heterocycles. The highest BCUT2D eigenvalue weighted by Crippen LogP contribution is 2.26. The van der Waals surface area contributed by atoms with E-state index in [1.54, 1.807) is 6.20 Å². The molecule has 1 aliphatic rings. The average Bonchev–Trinajstić information content (AvgIpc) is 3.19. The van der Waals surface area contributed by atoms with Gasteiger partial charge in [0.15, 0.2) is 0 Å². The molecular weight excluding hydrogens is 336 g/mol. The molecular formula is C22H26N4O. The van der Waals surface area contributed by atoms with Crippen LogP contribution in [0, 0.1) is 13.8 Å². The first-order chi connectivity index (χ1) is 13.1. The van der Waals surface area contributed by atoms with Gasteiger partial charge in [0.25, 0.3) is 5.91 Å². The minimum atomic E-state index is 0.140. The summed E-state index contributed by atoms with van der Waals surface area (Å²) in [5, 5.41) is 5.26. The summed E-state index contributed by atoms with van der Waals surface area (Å²) in [5.74, 6) is 0.140. The van der Waals surface area contributed by atoms with Crippen molar-refractivity contribution in [1.29, 1.82) is 0 Å². The molecule has 0 bridgehead atoms. The number of hydrogen-bond donors (Lipinski definition) is 0. The quantitative estimate of drug-likeness (QED) is 0.701. The summed E-state index contributed by atoms with van der Waals surface area (Å²) in [5.41, 5.74) is 3.72. The predicted molar refractivity (Wildman–Crippen MR) is 107 cm³/mol. The van der Waals surface area contributed by atoms with Crippen LogP contribution in [0.15, 0.2) is 42.7 Å². The molecule has 1 aromatic carbocycles. The van der Waals surface area contributed by atoms with Crippen LogP contribution in [0.25, 0.3) is 10.9 Å². The van der Waals surface area contributed by atoms with E-state index in [0.717, 1.165) is 60.1 Å². The molecule has 1 amide bonds. The van der Waals surface area contributed by atoms with Crippen LogP contribution in [0.3, 0.4) is 0 Å². The van der Waals surface area contributed by atoms with Gasteiger partial charge in [-0.2, -0.15) is 5.10 Å². The van der Waals surface area contributed by atoms with Gasteiger partial charge in [-0.15, -0.1) is 0 Å². The normalized spacial score (nSPS) is 17.4. The van der Waals surface area contributed by atoms with Crippen molar-refractivity contribution in [2.24, 2.45) is 0 Å². The van der Waals surface area contributed by atoms with Gasteiger partial charge in [0, 0.05) is 42.6 Å². The SMILES string of the molecule is Cc1ccc2nc(C)cc(C(=O)N3CCCC[C@@H]3CCn3cccn3)c2c1. The van der Waals surface area contributed by atoms with Crippen LogP contribution in [-0.2, 0) is 6.54 Å². The number of aromatic nitrogens is 3. The predicted octanol–water partition coefficient (Wildman–Crippen LogP) is 4.13. The van der Waals surface area contributed by atoms with Crippen LogP contribution in [-0.4, -0.2) is 38.2 Å². The Morgan fingerprint density at radius 3 is 2.93 bits per heavy atom. The fourth-order valence-electron chi connectivity index (χ4n) is 4.09. The lowest BCUT2D eigenvalue weighted by molar-refractivity contribution is 0.0596. The lowest BCUT2D eigenvalue weighted by Gasteiger charge is -2.36. The van der Waals surface area contributed by atoms with Crippen molar-refractivity contribution in [1.82, 2.24) is 19.7 Å². The molecule has 1 aliphatic heterocycles. The molecule has 1 fully saturated rings. The highest BCUT2D eigenvalue weighted by molar-refractivity contribution is 6.06. The second kappa shape index (κ2) is 7.51. The number of likely N-dealkylation sites (tertiary alicyclic amines) is 1. The van der Waals surface area contributed by atoms with Crippen LogP contribution in [0.2, 0.25) is 0 Å². The molecule has 1 atom stereocenters. The van der Waals surface area contributed by atoms with Crippen molar-refractivity contribution in [3.8, 4) is 0 Å². The molecule has 5 nitrogen and oxygen atoms in total. The Morgan fingerprint density at radius 1 is 1.22 bits per heavy atom. The topological polar surface area (TPSA) is 51.0 Å². The molecule has 140 valence electrons. The number of carbonyl (C=O) groups excluding carboxylic acids is 1. The zero-order valence-corrected chi connectivity index (χ0v) is 16.1. The van der Waals surface area contributed by atoms with E-state index < -0.39 is 0 Å². The van der Waals surface area contributed by atoms with Crippen LogP contribution in [0.1, 0.15) is 47.3 Å². The van der Waals surface area contributed by atoms with Gasteiger partial charge in [0.1, 0.15) is 0 Å². The minimum Gasteiger partial charge on any atom is -0.336 e. The van der Waals surface area contributed by atoms with Crippen LogP contribution >= 0.6 is 0 Å². The van der Waals surface area contributed by atoms with Crippen LogP contribution in [0.4, 0.5) is 0 Å². The number of benzene rings is 1. The maximum Gasteiger partial charge on any atom is 0.254 e. The number of amides is 1. The summed E-state index contributed by atoms with van der Waals surface area (Å²) >= 11 is 0. The van der Waals surface area contributed by atoms with Crippen molar-refractivity contribution in [2.45, 2.75) is 52.1 Å². The van der Waals surface area contributed by atoms with Crippen LogP contribution < -0.4 is 0 Å². The van der Waals surface area contributed by atoms with E-state index in [1.807, 2.05) is 36.0 Å². The first-order valence-corrected chi connectivity index (χ1v) is 9.78. The number of rotatable bonds is 4. The standard InChI is InChI=1S/C22H26N4O/c1-16-7-8-21-19(14-16)20(15-17(2)24-21)22(27)26-12-4-3-6-18(26)9-13-25-11-5-10-23-25/h5,7-8,10-11,14-15,18H,3-4,6,9,12-13H2,1-2H3/t18-/m1/s1. The summed E-state index contributed by atoms with van der Waals surface area (Å²) in [4.78, 5) is 20.2. The number of hydrogen-bond acceptors (Lipinski definition) is 3. The second-order valence-electron chi connectivity index (χ2n) is 7.54. The maximum absolute atomic E-state index is 13.5. The van der Waals surface area contributed by atoms with E-state index in [2.05, 4.69) is 34.0 Å². The monoisotopic (exact) mass is 362 g/mol. The minimum absolute atomic E-state index is 0.140. The van der Waals surface area contributed by atoms with E-state index in [4.69, 9.17) is 0 Å². The number of nitrogens with zero attached hydrogens (tertiary/aromatic N) is 4. The van der Waals surface area contributed by atoms with E-state index >= 15 is 0 Å². The third kappa shape index (κ3) is 3.72. The van der Waals surface area contributed by atoms with E-state index in [1.165, 1.54) is 6.42 Å². The average molecular weight is 362 g/mol. The molecule has 4 rings (SSSR count). The van der Waals surface area contributed by atoms with E-state index in [-0.39, 0.29) is 11.9 Å². The molecule has 0 aliphatic carbocycles. The summed E-state index contributed by atoms with van der Waals surface area (Å²) in [7, 11) is 0. The molecule has 0 N–H and O–H groups in total. The number of fused-ring (bicyclic) bond motifs is 1. The Morgan fingerprint density at radius 2 is 2.11 bits per heavy atom. The van der Waals surface area contributed by atoms with Gasteiger partial charge in [-0.3, -0.25) is 14.5 Å². The lowest BCUT2D eigenvalue weighted by Crippen LogP contribution is -2.44. The number of aryl methyl sites for hydroxylation is 3. The van der Waals surface area contributed by atoms with Gasteiger partial charge in [0.2, 0.25) is 0 Å². The molecule has 0 saturated carbocycles. The second-order valence-corrected chi connectivity index (χ2v) is 7.54. The summed E-state index contributed by atoms with van der Waals surface area (Å²) in [6.45, 7) is 5.69. The highest BCUT2D eigenvalue weighted by Gasteiger charge is 2.28. The van der Waals surface area contributed by atoms with E-state index in [0.29, 0.717) is 0 Å².